The zero-order valence-corrected chi connectivity index (χ0v) is 24.1. The second-order valence-corrected chi connectivity index (χ2v) is 11.1. The number of para-hydroxylation sites is 1. The van der Waals surface area contributed by atoms with E-state index in [-0.39, 0.29) is 0 Å². The largest absolute Gasteiger partial charge is 0.434 e. The van der Waals surface area contributed by atoms with Crippen LogP contribution in [0.2, 0.25) is 0 Å². The van der Waals surface area contributed by atoms with Crippen LogP contribution in [-0.2, 0) is 0 Å². The number of furan rings is 1. The number of benzene rings is 5. The van der Waals surface area contributed by atoms with Gasteiger partial charge in [0.1, 0.15) is 11.2 Å². The van der Waals surface area contributed by atoms with E-state index in [1.54, 1.807) is 0 Å². The molecule has 0 saturated carbocycles. The molecular formula is C40H24N4O. The van der Waals surface area contributed by atoms with Gasteiger partial charge in [-0.3, -0.25) is 0 Å². The molecule has 0 aliphatic carbocycles. The van der Waals surface area contributed by atoms with Gasteiger partial charge in [0.25, 0.3) is 0 Å². The van der Waals surface area contributed by atoms with E-state index in [2.05, 4.69) is 103 Å². The van der Waals surface area contributed by atoms with E-state index in [1.807, 2.05) is 42.6 Å². The van der Waals surface area contributed by atoms with E-state index in [1.165, 1.54) is 5.39 Å². The van der Waals surface area contributed by atoms with Crippen molar-refractivity contribution in [2.75, 3.05) is 0 Å². The van der Waals surface area contributed by atoms with Crippen LogP contribution in [0.1, 0.15) is 0 Å². The summed E-state index contributed by atoms with van der Waals surface area (Å²) < 4.78 is 6.40. The fourth-order valence-corrected chi connectivity index (χ4v) is 6.00. The predicted octanol–water partition coefficient (Wildman–Crippen LogP) is 10.1. The molecule has 0 bridgehead atoms. The van der Waals surface area contributed by atoms with E-state index in [4.69, 9.17) is 24.4 Å². The molecule has 5 nitrogen and oxygen atoms in total. The van der Waals surface area contributed by atoms with Crippen molar-refractivity contribution < 1.29 is 4.42 Å². The molecule has 5 heteroatoms. The van der Waals surface area contributed by atoms with E-state index in [0.29, 0.717) is 17.1 Å². The Bertz CT molecular complexity index is 2540. The summed E-state index contributed by atoms with van der Waals surface area (Å²) in [5.41, 5.74) is 9.53. The Kier molecular flexibility index (Phi) is 5.74. The lowest BCUT2D eigenvalue weighted by atomic mass is 10.0. The van der Waals surface area contributed by atoms with Crippen molar-refractivity contribution in [1.29, 1.82) is 0 Å². The molecule has 0 radical (unpaired) electrons. The first-order valence-electron chi connectivity index (χ1n) is 14.9. The van der Waals surface area contributed by atoms with Crippen LogP contribution in [0.15, 0.2) is 150 Å². The molecule has 0 spiro atoms. The lowest BCUT2D eigenvalue weighted by Gasteiger charge is -2.08. The van der Waals surface area contributed by atoms with Gasteiger partial charge in [0.05, 0.1) is 16.6 Å². The summed E-state index contributed by atoms with van der Waals surface area (Å²) in [6.07, 6.45) is 1.85. The Balaban J connectivity index is 1.22. The molecule has 0 saturated heterocycles. The van der Waals surface area contributed by atoms with Gasteiger partial charge >= 0.3 is 0 Å². The third-order valence-corrected chi connectivity index (χ3v) is 8.34. The van der Waals surface area contributed by atoms with Crippen molar-refractivity contribution >= 4 is 43.9 Å². The highest BCUT2D eigenvalue weighted by molar-refractivity contribution is 6.07. The number of hydrogen-bond acceptors (Lipinski definition) is 5. The minimum atomic E-state index is 0.538. The Morgan fingerprint density at radius 2 is 1.18 bits per heavy atom. The van der Waals surface area contributed by atoms with Gasteiger partial charge in [-0.25, -0.2) is 19.9 Å². The number of pyridine rings is 2. The summed E-state index contributed by atoms with van der Waals surface area (Å²) in [6, 6.07) is 47.7. The number of aromatic nitrogens is 4. The van der Waals surface area contributed by atoms with Crippen LogP contribution in [0, 0.1) is 0 Å². The Hall–Kier alpha value is -6.20. The van der Waals surface area contributed by atoms with Gasteiger partial charge in [0, 0.05) is 33.8 Å². The fraction of sp³-hybridized carbons (Fsp3) is 0. The Labute approximate surface area is 258 Å². The van der Waals surface area contributed by atoms with Gasteiger partial charge in [-0.1, -0.05) is 115 Å². The number of fused-ring (bicyclic) bond motifs is 5. The maximum absolute atomic E-state index is 6.40. The summed E-state index contributed by atoms with van der Waals surface area (Å²) in [5, 5.41) is 4.28. The molecule has 0 N–H and O–H groups in total. The third-order valence-electron chi connectivity index (χ3n) is 8.34. The minimum Gasteiger partial charge on any atom is -0.434 e. The van der Waals surface area contributed by atoms with Gasteiger partial charge in [-0.05, 0) is 40.6 Å². The molecule has 0 fully saturated rings. The summed E-state index contributed by atoms with van der Waals surface area (Å²) in [7, 11) is 0. The summed E-state index contributed by atoms with van der Waals surface area (Å²) >= 11 is 0. The first-order chi connectivity index (χ1) is 22.3. The quantitative estimate of drug-likeness (QED) is 0.209. The van der Waals surface area contributed by atoms with Gasteiger partial charge in [-0.15, -0.1) is 0 Å². The molecule has 5 aromatic carbocycles. The Morgan fingerprint density at radius 3 is 2.04 bits per heavy atom. The number of rotatable bonds is 4. The minimum absolute atomic E-state index is 0.538. The first-order valence-corrected chi connectivity index (χ1v) is 14.9. The first kappa shape index (κ1) is 25.3. The van der Waals surface area contributed by atoms with E-state index in [0.717, 1.165) is 66.4 Å². The molecule has 0 aliphatic rings. The zero-order valence-electron chi connectivity index (χ0n) is 24.1. The normalized spacial score (nSPS) is 11.6. The lowest BCUT2D eigenvalue weighted by Crippen LogP contribution is -1.94. The second-order valence-electron chi connectivity index (χ2n) is 11.1. The van der Waals surface area contributed by atoms with E-state index in [9.17, 15) is 0 Å². The molecule has 0 atom stereocenters. The van der Waals surface area contributed by atoms with Crippen LogP contribution in [-0.4, -0.2) is 19.9 Å². The molecule has 0 amide bonds. The molecule has 45 heavy (non-hydrogen) atoms. The zero-order chi connectivity index (χ0) is 29.7. The molecule has 9 rings (SSSR count). The van der Waals surface area contributed by atoms with Crippen LogP contribution in [0.5, 0.6) is 0 Å². The SMILES string of the molecule is c1ccc(-c2cnc3oc4c(-c5ccc6ccccc6c5)nc(-c5ccc(-c6ccc7ccccc7n6)cc5)nc4c3c2)cc1. The molecule has 210 valence electrons. The average molecular weight is 577 g/mol. The summed E-state index contributed by atoms with van der Waals surface area (Å²) in [5.74, 6) is 0.622. The molecule has 9 aromatic rings. The lowest BCUT2D eigenvalue weighted by molar-refractivity contribution is 0.653. The molecular weight excluding hydrogens is 552 g/mol. The van der Waals surface area contributed by atoms with Crippen molar-refractivity contribution in [3.8, 4) is 45.0 Å². The monoisotopic (exact) mass is 576 g/mol. The van der Waals surface area contributed by atoms with Crippen LogP contribution in [0.3, 0.4) is 0 Å². The van der Waals surface area contributed by atoms with Crippen LogP contribution in [0.4, 0.5) is 0 Å². The Morgan fingerprint density at radius 1 is 0.467 bits per heavy atom. The van der Waals surface area contributed by atoms with Crippen LogP contribution < -0.4 is 0 Å². The van der Waals surface area contributed by atoms with Gasteiger partial charge in [0.2, 0.25) is 5.71 Å². The highest BCUT2D eigenvalue weighted by atomic mass is 16.3. The van der Waals surface area contributed by atoms with Crippen molar-refractivity contribution in [3.63, 3.8) is 0 Å². The maximum atomic E-state index is 6.40. The standard InChI is InChI=1S/C40H24N4O/c1-2-8-25(9-3-1)32-23-33-37-38(45-40(33)41-24-32)36(31-19-14-26-10-4-5-12-30(26)22-31)43-39(44-37)29-17-15-28(16-18-29)35-21-20-27-11-6-7-13-34(27)42-35/h1-24H. The average Bonchev–Trinajstić information content (AvgIpc) is 3.49. The highest BCUT2D eigenvalue weighted by Crippen LogP contribution is 2.37. The third kappa shape index (κ3) is 4.41. The second kappa shape index (κ2) is 10.2. The highest BCUT2D eigenvalue weighted by Gasteiger charge is 2.20. The fourth-order valence-electron chi connectivity index (χ4n) is 6.00. The maximum Gasteiger partial charge on any atom is 0.229 e. The summed E-state index contributed by atoms with van der Waals surface area (Å²) in [6.45, 7) is 0. The topological polar surface area (TPSA) is 64.7 Å². The summed E-state index contributed by atoms with van der Waals surface area (Å²) in [4.78, 5) is 19.8. The number of hydrogen-bond donors (Lipinski definition) is 0. The molecule has 4 aromatic heterocycles. The van der Waals surface area contributed by atoms with Crippen LogP contribution >= 0.6 is 0 Å². The molecule has 0 unspecified atom stereocenters. The smallest absolute Gasteiger partial charge is 0.229 e. The predicted molar refractivity (Wildman–Crippen MR) is 182 cm³/mol. The van der Waals surface area contributed by atoms with E-state index < -0.39 is 0 Å². The van der Waals surface area contributed by atoms with Gasteiger partial charge < -0.3 is 4.42 Å². The van der Waals surface area contributed by atoms with Gasteiger partial charge in [0.15, 0.2) is 11.4 Å². The molecule has 0 aliphatic heterocycles. The van der Waals surface area contributed by atoms with Crippen molar-refractivity contribution in [3.05, 3.63) is 146 Å². The van der Waals surface area contributed by atoms with Crippen molar-refractivity contribution in [1.82, 2.24) is 19.9 Å². The van der Waals surface area contributed by atoms with Crippen molar-refractivity contribution in [2.24, 2.45) is 0 Å². The number of nitrogens with zero attached hydrogens (tertiary/aromatic N) is 4. The van der Waals surface area contributed by atoms with Crippen LogP contribution in [0.25, 0.3) is 88.9 Å². The van der Waals surface area contributed by atoms with E-state index >= 15 is 0 Å². The van der Waals surface area contributed by atoms with Crippen molar-refractivity contribution in [2.45, 2.75) is 0 Å². The molecule has 4 heterocycles. The van der Waals surface area contributed by atoms with Gasteiger partial charge in [-0.2, -0.15) is 0 Å².